The van der Waals surface area contributed by atoms with Crippen LogP contribution in [0.1, 0.15) is 18.9 Å². The van der Waals surface area contributed by atoms with Crippen LogP contribution in [0.25, 0.3) is 0 Å². The van der Waals surface area contributed by atoms with Gasteiger partial charge in [0.15, 0.2) is 6.61 Å². The van der Waals surface area contributed by atoms with Gasteiger partial charge >= 0.3 is 12.1 Å². The third kappa shape index (κ3) is 7.34. The van der Waals surface area contributed by atoms with Gasteiger partial charge in [0.05, 0.1) is 0 Å². The third-order valence-electron chi connectivity index (χ3n) is 2.60. The van der Waals surface area contributed by atoms with Crippen molar-refractivity contribution in [1.29, 1.82) is 0 Å². The van der Waals surface area contributed by atoms with Crippen molar-refractivity contribution in [2.75, 3.05) is 6.61 Å². The van der Waals surface area contributed by atoms with Crippen molar-refractivity contribution in [1.82, 2.24) is 5.32 Å². The number of rotatable bonds is 6. The van der Waals surface area contributed by atoms with Crippen LogP contribution in [0, 0.1) is 0 Å². The van der Waals surface area contributed by atoms with Gasteiger partial charge < -0.3 is 10.1 Å². The predicted octanol–water partition coefficient (Wildman–Crippen LogP) is 2.23. The Labute approximate surface area is 120 Å². The van der Waals surface area contributed by atoms with Crippen molar-refractivity contribution >= 4 is 11.9 Å². The summed E-state index contributed by atoms with van der Waals surface area (Å²) in [5.41, 5.74) is 0.913. The molecule has 0 aliphatic carbocycles. The Hall–Kier alpha value is -2.05. The molecule has 0 bridgehead atoms. The number of benzene rings is 1. The Balaban J connectivity index is 2.58. The smallest absolute Gasteiger partial charge is 0.422 e. The zero-order valence-electron chi connectivity index (χ0n) is 11.4. The summed E-state index contributed by atoms with van der Waals surface area (Å²) in [6, 6.07) is 8.00. The highest BCUT2D eigenvalue weighted by molar-refractivity contribution is 5.83. The first kappa shape index (κ1) is 17.0. The molecule has 0 fully saturated rings. The number of amides is 1. The molecule has 7 heteroatoms. The highest BCUT2D eigenvalue weighted by Crippen LogP contribution is 2.15. The van der Waals surface area contributed by atoms with Crippen molar-refractivity contribution in [2.24, 2.45) is 0 Å². The summed E-state index contributed by atoms with van der Waals surface area (Å²) in [6.45, 7) is -0.472. The van der Waals surface area contributed by atoms with Gasteiger partial charge in [0.2, 0.25) is 5.91 Å². The van der Waals surface area contributed by atoms with Crippen LogP contribution in [0.5, 0.6) is 0 Å². The van der Waals surface area contributed by atoms with Gasteiger partial charge in [0.25, 0.3) is 0 Å². The molecule has 1 aromatic carbocycles. The molecule has 0 aromatic heterocycles. The number of aryl methyl sites for hydroxylation is 1. The Bertz CT molecular complexity index is 474. The predicted molar refractivity (Wildman–Crippen MR) is 69.4 cm³/mol. The van der Waals surface area contributed by atoms with Crippen LogP contribution in [0.3, 0.4) is 0 Å². The zero-order valence-corrected chi connectivity index (χ0v) is 11.4. The number of hydrogen-bond donors (Lipinski definition) is 1. The van der Waals surface area contributed by atoms with E-state index in [0.717, 1.165) is 5.56 Å². The first-order valence-electron chi connectivity index (χ1n) is 6.32. The minimum absolute atomic E-state index is 0.167. The molecule has 0 aliphatic heterocycles. The van der Waals surface area contributed by atoms with Gasteiger partial charge in [-0.1, -0.05) is 30.3 Å². The van der Waals surface area contributed by atoms with Crippen LogP contribution >= 0.6 is 0 Å². The fourth-order valence-electron chi connectivity index (χ4n) is 1.70. The van der Waals surface area contributed by atoms with E-state index >= 15 is 0 Å². The number of ether oxygens (including phenoxy) is 1. The number of esters is 1. The summed E-state index contributed by atoms with van der Waals surface area (Å²) in [6.07, 6.45) is -3.98. The summed E-state index contributed by atoms with van der Waals surface area (Å²) in [4.78, 5) is 22.6. The Morgan fingerprint density at radius 1 is 1.24 bits per heavy atom. The fourth-order valence-corrected chi connectivity index (χ4v) is 1.70. The average molecular weight is 303 g/mol. The Morgan fingerprint density at radius 3 is 2.38 bits per heavy atom. The van der Waals surface area contributed by atoms with Crippen LogP contribution in [0.2, 0.25) is 0 Å². The van der Waals surface area contributed by atoms with E-state index in [2.05, 4.69) is 10.1 Å². The quantitative estimate of drug-likeness (QED) is 0.820. The fraction of sp³-hybridized carbons (Fsp3) is 0.429. The molecule has 116 valence electrons. The lowest BCUT2D eigenvalue weighted by atomic mass is 10.1. The highest BCUT2D eigenvalue weighted by Gasteiger charge is 2.31. The van der Waals surface area contributed by atoms with E-state index in [0.29, 0.717) is 6.42 Å². The van der Waals surface area contributed by atoms with Gasteiger partial charge in [-0.25, -0.2) is 4.79 Å². The molecule has 1 N–H and O–H groups in total. The Morgan fingerprint density at radius 2 is 1.86 bits per heavy atom. The SMILES string of the molecule is CC(=O)N[C@H](CCc1ccccc1)C(=O)OCC(F)(F)F. The lowest BCUT2D eigenvalue weighted by molar-refractivity contribution is -0.187. The molecular weight excluding hydrogens is 287 g/mol. The average Bonchev–Trinajstić information content (AvgIpc) is 2.40. The standard InChI is InChI=1S/C14H16F3NO3/c1-10(19)18-12(13(20)21-9-14(15,16)17)8-7-11-5-3-2-4-6-11/h2-6,12H,7-9H2,1H3,(H,18,19)/t12-/m1/s1. The molecular formula is C14H16F3NO3. The van der Waals surface area contributed by atoms with E-state index in [-0.39, 0.29) is 6.42 Å². The lowest BCUT2D eigenvalue weighted by Gasteiger charge is -2.17. The number of hydrogen-bond acceptors (Lipinski definition) is 3. The normalized spacial score (nSPS) is 12.6. The lowest BCUT2D eigenvalue weighted by Crippen LogP contribution is -2.42. The summed E-state index contributed by atoms with van der Waals surface area (Å²) in [5, 5.41) is 2.31. The van der Waals surface area contributed by atoms with E-state index in [1.807, 2.05) is 30.3 Å². The molecule has 0 heterocycles. The van der Waals surface area contributed by atoms with Gasteiger partial charge in [0, 0.05) is 6.92 Å². The Kier molecular flexibility index (Phi) is 6.20. The summed E-state index contributed by atoms with van der Waals surface area (Å²) >= 11 is 0. The van der Waals surface area contributed by atoms with Crippen molar-refractivity contribution in [3.63, 3.8) is 0 Å². The third-order valence-corrected chi connectivity index (χ3v) is 2.60. The zero-order chi connectivity index (χ0) is 15.9. The first-order valence-corrected chi connectivity index (χ1v) is 6.32. The first-order chi connectivity index (χ1) is 9.78. The molecule has 21 heavy (non-hydrogen) atoms. The molecule has 0 radical (unpaired) electrons. The molecule has 0 saturated heterocycles. The van der Waals surface area contributed by atoms with E-state index in [1.165, 1.54) is 6.92 Å². The van der Waals surface area contributed by atoms with Crippen molar-refractivity contribution in [3.05, 3.63) is 35.9 Å². The molecule has 0 spiro atoms. The van der Waals surface area contributed by atoms with Crippen LogP contribution in [-0.2, 0) is 20.7 Å². The number of halogens is 3. The van der Waals surface area contributed by atoms with E-state index in [4.69, 9.17) is 0 Å². The van der Waals surface area contributed by atoms with E-state index in [9.17, 15) is 22.8 Å². The largest absolute Gasteiger partial charge is 0.455 e. The van der Waals surface area contributed by atoms with Gasteiger partial charge in [-0.05, 0) is 18.4 Å². The van der Waals surface area contributed by atoms with Crippen molar-refractivity contribution < 1.29 is 27.5 Å². The number of nitrogens with one attached hydrogen (secondary N) is 1. The molecule has 0 unspecified atom stereocenters. The highest BCUT2D eigenvalue weighted by atomic mass is 19.4. The van der Waals surface area contributed by atoms with Crippen LogP contribution < -0.4 is 5.32 Å². The molecule has 0 aliphatic rings. The van der Waals surface area contributed by atoms with Crippen LogP contribution in [0.4, 0.5) is 13.2 Å². The maximum absolute atomic E-state index is 12.0. The van der Waals surface area contributed by atoms with E-state index in [1.54, 1.807) is 0 Å². The van der Waals surface area contributed by atoms with Crippen molar-refractivity contribution in [2.45, 2.75) is 32.0 Å². The maximum Gasteiger partial charge on any atom is 0.422 e. The van der Waals surface area contributed by atoms with Gasteiger partial charge in [-0.2, -0.15) is 13.2 Å². The second kappa shape index (κ2) is 7.66. The van der Waals surface area contributed by atoms with Gasteiger partial charge in [-0.3, -0.25) is 4.79 Å². The minimum Gasteiger partial charge on any atom is -0.455 e. The van der Waals surface area contributed by atoms with Gasteiger partial charge in [0.1, 0.15) is 6.04 Å². The van der Waals surface area contributed by atoms with Crippen LogP contribution in [-0.4, -0.2) is 30.7 Å². The van der Waals surface area contributed by atoms with E-state index < -0.39 is 30.7 Å². The van der Waals surface area contributed by atoms with Crippen LogP contribution in [0.15, 0.2) is 30.3 Å². The summed E-state index contributed by atoms with van der Waals surface area (Å²) in [5.74, 6) is -1.59. The second-order valence-corrected chi connectivity index (χ2v) is 4.50. The minimum atomic E-state index is -4.59. The van der Waals surface area contributed by atoms with Crippen molar-refractivity contribution in [3.8, 4) is 0 Å². The molecule has 1 rings (SSSR count). The number of alkyl halides is 3. The van der Waals surface area contributed by atoms with Gasteiger partial charge in [-0.15, -0.1) is 0 Å². The second-order valence-electron chi connectivity index (χ2n) is 4.50. The summed E-state index contributed by atoms with van der Waals surface area (Å²) < 4.78 is 40.3. The maximum atomic E-state index is 12.0. The molecule has 1 atom stereocenters. The number of carbonyl (C=O) groups is 2. The molecule has 1 amide bonds. The molecule has 4 nitrogen and oxygen atoms in total. The molecule has 1 aromatic rings. The number of carbonyl (C=O) groups excluding carboxylic acids is 2. The molecule has 0 saturated carbocycles. The summed E-state index contributed by atoms with van der Waals surface area (Å²) in [7, 11) is 0. The topological polar surface area (TPSA) is 55.4 Å². The monoisotopic (exact) mass is 303 g/mol.